The Labute approximate surface area is 116 Å². The van der Waals surface area contributed by atoms with Crippen LogP contribution in [0.25, 0.3) is 0 Å². The summed E-state index contributed by atoms with van der Waals surface area (Å²) >= 11 is 0. The summed E-state index contributed by atoms with van der Waals surface area (Å²) in [6.07, 6.45) is 3.56. The maximum absolute atomic E-state index is 13.3. The number of hydrogen-bond acceptors (Lipinski definition) is 3. The van der Waals surface area contributed by atoms with Crippen LogP contribution in [0.15, 0.2) is 12.3 Å². The van der Waals surface area contributed by atoms with Crippen LogP contribution in [0.2, 0.25) is 0 Å². The summed E-state index contributed by atoms with van der Waals surface area (Å²) in [5.41, 5.74) is 0.930. The SMILES string of the molecule is CCCCN(C)c1ncc(F)cc1CNCC(C)C. The van der Waals surface area contributed by atoms with Crippen molar-refractivity contribution in [3.63, 3.8) is 0 Å². The summed E-state index contributed by atoms with van der Waals surface area (Å²) in [6.45, 7) is 9.02. The molecule has 108 valence electrons. The topological polar surface area (TPSA) is 28.2 Å². The Morgan fingerprint density at radius 2 is 2.16 bits per heavy atom. The molecule has 0 aliphatic heterocycles. The van der Waals surface area contributed by atoms with Gasteiger partial charge in [0.2, 0.25) is 0 Å². The Kier molecular flexibility index (Phi) is 6.78. The molecule has 3 nitrogen and oxygen atoms in total. The first kappa shape index (κ1) is 15.9. The van der Waals surface area contributed by atoms with Gasteiger partial charge in [-0.25, -0.2) is 9.37 Å². The quantitative estimate of drug-likeness (QED) is 0.784. The van der Waals surface area contributed by atoms with Crippen LogP contribution in [0.4, 0.5) is 10.2 Å². The van der Waals surface area contributed by atoms with Gasteiger partial charge in [0.25, 0.3) is 0 Å². The van der Waals surface area contributed by atoms with Gasteiger partial charge in [-0.1, -0.05) is 27.2 Å². The van der Waals surface area contributed by atoms with Gasteiger partial charge in [0.05, 0.1) is 6.20 Å². The van der Waals surface area contributed by atoms with Crippen molar-refractivity contribution in [2.24, 2.45) is 5.92 Å². The molecule has 1 rings (SSSR count). The molecular weight excluding hydrogens is 241 g/mol. The largest absolute Gasteiger partial charge is 0.359 e. The van der Waals surface area contributed by atoms with Crippen molar-refractivity contribution in [3.8, 4) is 0 Å². The lowest BCUT2D eigenvalue weighted by atomic mass is 10.2. The van der Waals surface area contributed by atoms with Gasteiger partial charge in [-0.15, -0.1) is 0 Å². The van der Waals surface area contributed by atoms with Crippen molar-refractivity contribution in [2.75, 3.05) is 25.0 Å². The van der Waals surface area contributed by atoms with Crippen molar-refractivity contribution >= 4 is 5.82 Å². The second-order valence-electron chi connectivity index (χ2n) is 5.44. The molecule has 1 heterocycles. The summed E-state index contributed by atoms with van der Waals surface area (Å²) in [4.78, 5) is 6.35. The minimum Gasteiger partial charge on any atom is -0.359 e. The Bertz CT molecular complexity index is 380. The number of halogens is 1. The number of nitrogens with zero attached hydrogens (tertiary/aromatic N) is 2. The molecule has 1 N–H and O–H groups in total. The van der Waals surface area contributed by atoms with Gasteiger partial charge in [0.15, 0.2) is 0 Å². The van der Waals surface area contributed by atoms with Crippen LogP contribution >= 0.6 is 0 Å². The lowest BCUT2D eigenvalue weighted by Crippen LogP contribution is -2.24. The number of nitrogens with one attached hydrogen (secondary N) is 1. The van der Waals surface area contributed by atoms with Crippen LogP contribution in [-0.2, 0) is 6.54 Å². The predicted octanol–water partition coefficient (Wildman–Crippen LogP) is 3.20. The molecule has 0 atom stereocenters. The Balaban J connectivity index is 2.73. The van der Waals surface area contributed by atoms with E-state index < -0.39 is 0 Å². The summed E-state index contributed by atoms with van der Waals surface area (Å²) in [5, 5.41) is 3.35. The van der Waals surface area contributed by atoms with E-state index in [0.717, 1.165) is 37.3 Å². The highest BCUT2D eigenvalue weighted by atomic mass is 19.1. The lowest BCUT2D eigenvalue weighted by Gasteiger charge is -2.21. The molecule has 0 spiro atoms. The molecule has 0 radical (unpaired) electrons. The fourth-order valence-corrected chi connectivity index (χ4v) is 1.94. The van der Waals surface area contributed by atoms with E-state index in [1.165, 1.54) is 6.20 Å². The first-order valence-corrected chi connectivity index (χ1v) is 7.10. The zero-order valence-corrected chi connectivity index (χ0v) is 12.5. The summed E-state index contributed by atoms with van der Waals surface area (Å²) in [6, 6.07) is 1.58. The molecule has 4 heteroatoms. The van der Waals surface area contributed by atoms with Crippen LogP contribution in [0.1, 0.15) is 39.2 Å². The number of hydrogen-bond donors (Lipinski definition) is 1. The molecule has 1 aromatic rings. The molecule has 1 aromatic heterocycles. The molecule has 0 aliphatic carbocycles. The van der Waals surface area contributed by atoms with E-state index in [9.17, 15) is 4.39 Å². The van der Waals surface area contributed by atoms with Gasteiger partial charge in [0.1, 0.15) is 11.6 Å². The van der Waals surface area contributed by atoms with Gasteiger partial charge < -0.3 is 10.2 Å². The molecule has 0 amide bonds. The molecule has 0 bridgehead atoms. The third-order valence-corrected chi connectivity index (χ3v) is 2.99. The summed E-state index contributed by atoms with van der Waals surface area (Å²) in [7, 11) is 2.02. The fraction of sp³-hybridized carbons (Fsp3) is 0.667. The van der Waals surface area contributed by atoms with Crippen molar-refractivity contribution in [2.45, 2.75) is 40.2 Å². The number of pyridine rings is 1. The van der Waals surface area contributed by atoms with E-state index in [0.29, 0.717) is 12.5 Å². The van der Waals surface area contributed by atoms with E-state index in [-0.39, 0.29) is 5.82 Å². The Morgan fingerprint density at radius 1 is 1.42 bits per heavy atom. The maximum atomic E-state index is 13.3. The average Bonchev–Trinajstić information content (AvgIpc) is 2.35. The number of rotatable bonds is 8. The van der Waals surface area contributed by atoms with Crippen molar-refractivity contribution in [3.05, 3.63) is 23.6 Å². The van der Waals surface area contributed by atoms with Crippen molar-refractivity contribution in [1.29, 1.82) is 0 Å². The van der Waals surface area contributed by atoms with Gasteiger partial charge >= 0.3 is 0 Å². The van der Waals surface area contributed by atoms with Gasteiger partial charge in [-0.05, 0) is 24.9 Å². The molecule has 0 unspecified atom stereocenters. The lowest BCUT2D eigenvalue weighted by molar-refractivity contribution is 0.548. The second kappa shape index (κ2) is 8.10. The molecule has 0 aromatic carbocycles. The highest BCUT2D eigenvalue weighted by Crippen LogP contribution is 2.18. The third-order valence-electron chi connectivity index (χ3n) is 2.99. The Morgan fingerprint density at radius 3 is 2.79 bits per heavy atom. The first-order chi connectivity index (χ1) is 9.04. The average molecular weight is 267 g/mol. The minimum absolute atomic E-state index is 0.269. The maximum Gasteiger partial charge on any atom is 0.141 e. The molecule has 0 saturated heterocycles. The van der Waals surface area contributed by atoms with Crippen LogP contribution < -0.4 is 10.2 Å². The van der Waals surface area contributed by atoms with Gasteiger partial charge in [-0.3, -0.25) is 0 Å². The molecular formula is C15H26FN3. The van der Waals surface area contributed by atoms with Crippen molar-refractivity contribution < 1.29 is 4.39 Å². The minimum atomic E-state index is -0.269. The van der Waals surface area contributed by atoms with Crippen molar-refractivity contribution in [1.82, 2.24) is 10.3 Å². The van der Waals surface area contributed by atoms with E-state index in [1.54, 1.807) is 6.07 Å². The van der Waals surface area contributed by atoms with Gasteiger partial charge in [-0.2, -0.15) is 0 Å². The first-order valence-electron chi connectivity index (χ1n) is 7.10. The highest BCUT2D eigenvalue weighted by Gasteiger charge is 2.10. The monoisotopic (exact) mass is 267 g/mol. The normalized spacial score (nSPS) is 11.1. The van der Waals surface area contributed by atoms with E-state index >= 15 is 0 Å². The highest BCUT2D eigenvalue weighted by molar-refractivity contribution is 5.46. The van der Waals surface area contributed by atoms with Crippen LogP contribution in [0.5, 0.6) is 0 Å². The van der Waals surface area contributed by atoms with E-state index in [1.807, 2.05) is 7.05 Å². The number of aromatic nitrogens is 1. The molecule has 0 fully saturated rings. The van der Waals surface area contributed by atoms with Crippen LogP contribution in [-0.4, -0.2) is 25.1 Å². The third kappa shape index (κ3) is 5.55. The summed E-state index contributed by atoms with van der Waals surface area (Å²) < 4.78 is 13.3. The standard InChI is InChI=1S/C15H26FN3/c1-5-6-7-19(4)15-13(8-14(16)11-18-15)10-17-9-12(2)3/h8,11-12,17H,5-7,9-10H2,1-4H3. The van der Waals surface area contributed by atoms with Crippen LogP contribution in [0.3, 0.4) is 0 Å². The zero-order chi connectivity index (χ0) is 14.3. The molecule has 19 heavy (non-hydrogen) atoms. The number of unbranched alkanes of at least 4 members (excludes halogenated alkanes) is 1. The summed E-state index contributed by atoms with van der Waals surface area (Å²) in [5.74, 6) is 1.20. The Hall–Kier alpha value is -1.16. The second-order valence-corrected chi connectivity index (χ2v) is 5.44. The molecule has 0 saturated carbocycles. The zero-order valence-electron chi connectivity index (χ0n) is 12.5. The fourth-order valence-electron chi connectivity index (χ4n) is 1.94. The smallest absolute Gasteiger partial charge is 0.141 e. The van der Waals surface area contributed by atoms with Crippen LogP contribution in [0, 0.1) is 11.7 Å². The van der Waals surface area contributed by atoms with Gasteiger partial charge in [0, 0.05) is 25.7 Å². The number of anilines is 1. The van der Waals surface area contributed by atoms with E-state index in [4.69, 9.17) is 0 Å². The van der Waals surface area contributed by atoms with E-state index in [2.05, 4.69) is 36.0 Å². The molecule has 0 aliphatic rings. The predicted molar refractivity (Wildman–Crippen MR) is 78.9 cm³/mol.